The van der Waals surface area contributed by atoms with Crippen molar-refractivity contribution in [3.05, 3.63) is 52.8 Å². The summed E-state index contributed by atoms with van der Waals surface area (Å²) in [5.41, 5.74) is 1.49. The van der Waals surface area contributed by atoms with Gasteiger partial charge in [-0.2, -0.15) is 0 Å². The number of halogens is 1. The molecule has 0 radical (unpaired) electrons. The molecular formula is C12H12ClNO2. The number of ether oxygens (including phenoxy) is 1. The number of aliphatic hydroxyl groups is 1. The molecule has 2 rings (SSSR count). The van der Waals surface area contributed by atoms with Gasteiger partial charge in [-0.15, -0.1) is 0 Å². The van der Waals surface area contributed by atoms with Crippen LogP contribution in [-0.4, -0.2) is 17.2 Å². The first-order valence-corrected chi connectivity index (χ1v) is 5.24. The van der Waals surface area contributed by atoms with Crippen molar-refractivity contribution in [2.24, 2.45) is 0 Å². The highest BCUT2D eigenvalue weighted by molar-refractivity contribution is 6.30. The standard InChI is InChI=1S/C12H12ClNO2/c1-16-11-6-9(13)2-3-10(11)12(15)8-4-5-14-7-8/h2-7,12,14-15H,1H3. The molecule has 0 aliphatic carbocycles. The van der Waals surface area contributed by atoms with Crippen molar-refractivity contribution < 1.29 is 9.84 Å². The lowest BCUT2D eigenvalue weighted by Gasteiger charge is -2.13. The highest BCUT2D eigenvalue weighted by atomic mass is 35.5. The van der Waals surface area contributed by atoms with Crippen LogP contribution in [0.25, 0.3) is 0 Å². The topological polar surface area (TPSA) is 45.2 Å². The Kier molecular flexibility index (Phi) is 3.17. The van der Waals surface area contributed by atoms with E-state index in [-0.39, 0.29) is 0 Å². The molecule has 2 aromatic rings. The molecule has 1 aromatic heterocycles. The molecule has 4 heteroatoms. The van der Waals surface area contributed by atoms with E-state index in [1.807, 2.05) is 6.07 Å². The number of rotatable bonds is 3. The number of nitrogens with one attached hydrogen (secondary N) is 1. The molecule has 0 fully saturated rings. The van der Waals surface area contributed by atoms with E-state index < -0.39 is 6.10 Å². The first-order valence-electron chi connectivity index (χ1n) is 4.86. The van der Waals surface area contributed by atoms with Gasteiger partial charge in [0, 0.05) is 28.5 Å². The van der Waals surface area contributed by atoms with E-state index in [0.29, 0.717) is 16.3 Å². The van der Waals surface area contributed by atoms with Gasteiger partial charge in [-0.25, -0.2) is 0 Å². The van der Waals surface area contributed by atoms with Crippen molar-refractivity contribution in [1.29, 1.82) is 0 Å². The molecule has 1 aromatic carbocycles. The number of aromatic amines is 1. The second kappa shape index (κ2) is 4.60. The molecule has 0 amide bonds. The maximum absolute atomic E-state index is 10.1. The lowest BCUT2D eigenvalue weighted by atomic mass is 10.0. The van der Waals surface area contributed by atoms with Crippen molar-refractivity contribution >= 4 is 11.6 Å². The van der Waals surface area contributed by atoms with Gasteiger partial charge in [0.15, 0.2) is 0 Å². The Labute approximate surface area is 98.6 Å². The molecule has 0 aliphatic rings. The molecule has 0 saturated heterocycles. The van der Waals surface area contributed by atoms with Crippen LogP contribution < -0.4 is 4.74 Å². The zero-order valence-electron chi connectivity index (χ0n) is 8.77. The van der Waals surface area contributed by atoms with Crippen LogP contribution in [-0.2, 0) is 0 Å². The Morgan fingerprint density at radius 2 is 2.19 bits per heavy atom. The SMILES string of the molecule is COc1cc(Cl)ccc1C(O)c1cc[nH]c1. The summed E-state index contributed by atoms with van der Waals surface area (Å²) in [6.45, 7) is 0. The van der Waals surface area contributed by atoms with E-state index in [1.165, 1.54) is 0 Å². The van der Waals surface area contributed by atoms with E-state index in [9.17, 15) is 5.11 Å². The molecule has 3 nitrogen and oxygen atoms in total. The second-order valence-electron chi connectivity index (χ2n) is 3.43. The van der Waals surface area contributed by atoms with Crippen molar-refractivity contribution in [3.8, 4) is 5.75 Å². The van der Waals surface area contributed by atoms with Crippen molar-refractivity contribution in [1.82, 2.24) is 4.98 Å². The van der Waals surface area contributed by atoms with Gasteiger partial charge in [0.1, 0.15) is 11.9 Å². The van der Waals surface area contributed by atoms with Crippen LogP contribution in [0.4, 0.5) is 0 Å². The zero-order valence-corrected chi connectivity index (χ0v) is 9.53. The molecule has 0 spiro atoms. The predicted octanol–water partition coefficient (Wildman–Crippen LogP) is 2.76. The molecule has 1 atom stereocenters. The van der Waals surface area contributed by atoms with Gasteiger partial charge in [0.2, 0.25) is 0 Å². The second-order valence-corrected chi connectivity index (χ2v) is 3.87. The van der Waals surface area contributed by atoms with Gasteiger partial charge >= 0.3 is 0 Å². The summed E-state index contributed by atoms with van der Waals surface area (Å²) in [6, 6.07) is 7.00. The van der Waals surface area contributed by atoms with Crippen molar-refractivity contribution in [3.63, 3.8) is 0 Å². The van der Waals surface area contributed by atoms with E-state index in [1.54, 1.807) is 37.7 Å². The molecule has 0 saturated carbocycles. The van der Waals surface area contributed by atoms with Crippen LogP contribution in [0.3, 0.4) is 0 Å². The fourth-order valence-electron chi connectivity index (χ4n) is 1.60. The van der Waals surface area contributed by atoms with Gasteiger partial charge in [-0.1, -0.05) is 17.7 Å². The van der Waals surface area contributed by atoms with Crippen LogP contribution in [0.1, 0.15) is 17.2 Å². The van der Waals surface area contributed by atoms with Crippen LogP contribution in [0, 0.1) is 0 Å². The highest BCUT2D eigenvalue weighted by Gasteiger charge is 2.15. The lowest BCUT2D eigenvalue weighted by Crippen LogP contribution is -2.01. The van der Waals surface area contributed by atoms with Gasteiger partial charge in [0.05, 0.1) is 7.11 Å². The summed E-state index contributed by atoms with van der Waals surface area (Å²) in [7, 11) is 1.55. The smallest absolute Gasteiger partial charge is 0.126 e. The minimum atomic E-state index is -0.710. The van der Waals surface area contributed by atoms with E-state index >= 15 is 0 Å². The highest BCUT2D eigenvalue weighted by Crippen LogP contribution is 2.31. The van der Waals surface area contributed by atoms with E-state index in [4.69, 9.17) is 16.3 Å². The van der Waals surface area contributed by atoms with Gasteiger partial charge < -0.3 is 14.8 Å². The Bertz CT molecular complexity index is 468. The Morgan fingerprint density at radius 3 is 2.81 bits per heavy atom. The minimum absolute atomic E-state index is 0.584. The maximum Gasteiger partial charge on any atom is 0.126 e. The molecular weight excluding hydrogens is 226 g/mol. The Hall–Kier alpha value is -1.45. The molecule has 0 bridgehead atoms. The quantitative estimate of drug-likeness (QED) is 0.862. The number of benzene rings is 1. The van der Waals surface area contributed by atoms with Crippen LogP contribution in [0.15, 0.2) is 36.7 Å². The third-order valence-electron chi connectivity index (χ3n) is 2.43. The van der Waals surface area contributed by atoms with Crippen LogP contribution in [0.2, 0.25) is 5.02 Å². The van der Waals surface area contributed by atoms with Gasteiger partial charge in [0.25, 0.3) is 0 Å². The molecule has 1 heterocycles. The Balaban J connectivity index is 2.40. The summed E-state index contributed by atoms with van der Waals surface area (Å²) in [5, 5.41) is 10.7. The average Bonchev–Trinajstić information content (AvgIpc) is 2.81. The molecule has 1 unspecified atom stereocenters. The van der Waals surface area contributed by atoms with Gasteiger partial charge in [-0.3, -0.25) is 0 Å². The van der Waals surface area contributed by atoms with Crippen molar-refractivity contribution in [2.45, 2.75) is 6.10 Å². The van der Waals surface area contributed by atoms with Crippen LogP contribution in [0.5, 0.6) is 5.75 Å². The minimum Gasteiger partial charge on any atom is -0.496 e. The number of methoxy groups -OCH3 is 1. The molecule has 16 heavy (non-hydrogen) atoms. The summed E-state index contributed by atoms with van der Waals surface area (Å²) in [5.74, 6) is 0.584. The first-order chi connectivity index (χ1) is 7.72. The molecule has 2 N–H and O–H groups in total. The fourth-order valence-corrected chi connectivity index (χ4v) is 1.76. The summed E-state index contributed by atoms with van der Waals surface area (Å²) >= 11 is 5.86. The number of H-pyrrole nitrogens is 1. The molecule has 84 valence electrons. The number of aliphatic hydroxyl groups excluding tert-OH is 1. The summed E-state index contributed by atoms with van der Waals surface area (Å²) in [6.07, 6.45) is 2.80. The largest absolute Gasteiger partial charge is 0.496 e. The summed E-state index contributed by atoms with van der Waals surface area (Å²) < 4.78 is 5.19. The fraction of sp³-hybridized carbons (Fsp3) is 0.167. The zero-order chi connectivity index (χ0) is 11.5. The van der Waals surface area contributed by atoms with Gasteiger partial charge in [-0.05, 0) is 18.2 Å². The van der Waals surface area contributed by atoms with E-state index in [0.717, 1.165) is 5.56 Å². The predicted molar refractivity (Wildman–Crippen MR) is 62.9 cm³/mol. The Morgan fingerprint density at radius 1 is 1.38 bits per heavy atom. The normalized spacial score (nSPS) is 12.4. The number of aromatic nitrogens is 1. The number of hydrogen-bond donors (Lipinski definition) is 2. The first kappa shape index (κ1) is 11.0. The molecule has 0 aliphatic heterocycles. The lowest BCUT2D eigenvalue weighted by molar-refractivity contribution is 0.215. The van der Waals surface area contributed by atoms with Crippen LogP contribution >= 0.6 is 11.6 Å². The number of hydrogen-bond acceptors (Lipinski definition) is 2. The maximum atomic E-state index is 10.1. The van der Waals surface area contributed by atoms with Crippen molar-refractivity contribution in [2.75, 3.05) is 7.11 Å². The summed E-state index contributed by atoms with van der Waals surface area (Å²) in [4.78, 5) is 2.90. The average molecular weight is 238 g/mol. The van der Waals surface area contributed by atoms with E-state index in [2.05, 4.69) is 4.98 Å². The third-order valence-corrected chi connectivity index (χ3v) is 2.66. The third kappa shape index (κ3) is 2.05. The monoisotopic (exact) mass is 237 g/mol.